The number of rotatable bonds is 1. The van der Waals surface area contributed by atoms with Crippen LogP contribution in [0.2, 0.25) is 0 Å². The summed E-state index contributed by atoms with van der Waals surface area (Å²) in [5.74, 6) is 0.934. The summed E-state index contributed by atoms with van der Waals surface area (Å²) in [7, 11) is 3.82. The van der Waals surface area contributed by atoms with E-state index in [1.54, 1.807) is 7.11 Å². The van der Waals surface area contributed by atoms with Gasteiger partial charge in [0.1, 0.15) is 5.75 Å². The van der Waals surface area contributed by atoms with Crippen molar-refractivity contribution in [3.05, 3.63) is 40.0 Å². The first-order valence-corrected chi connectivity index (χ1v) is 6.51. The van der Waals surface area contributed by atoms with Gasteiger partial charge in [0.05, 0.1) is 16.2 Å². The largest absolute Gasteiger partial charge is 0.496 e. The highest BCUT2D eigenvalue weighted by atomic mass is 127. The highest BCUT2D eigenvalue weighted by Crippen LogP contribution is 2.35. The van der Waals surface area contributed by atoms with Gasteiger partial charge in [-0.15, -0.1) is 0 Å². The molecule has 1 heterocycles. The molecule has 0 aliphatic rings. The van der Waals surface area contributed by atoms with Gasteiger partial charge >= 0.3 is 0 Å². The van der Waals surface area contributed by atoms with Crippen LogP contribution in [-0.2, 0) is 7.05 Å². The second kappa shape index (κ2) is 3.91. The Hall–Kier alpha value is -1.23. The van der Waals surface area contributed by atoms with E-state index in [9.17, 15) is 0 Å². The molecule has 0 aliphatic heterocycles. The Bertz CT molecular complexity index is 715. The molecule has 0 bridgehead atoms. The van der Waals surface area contributed by atoms with E-state index >= 15 is 0 Å². The molecule has 3 rings (SSSR count). The zero-order valence-electron chi connectivity index (χ0n) is 9.70. The van der Waals surface area contributed by atoms with Crippen LogP contribution in [0.15, 0.2) is 36.4 Å². The van der Waals surface area contributed by atoms with Crippen molar-refractivity contribution in [1.82, 2.24) is 4.57 Å². The zero-order valence-corrected chi connectivity index (χ0v) is 11.9. The van der Waals surface area contributed by atoms with E-state index in [0.717, 1.165) is 5.75 Å². The minimum absolute atomic E-state index is 0.934. The summed E-state index contributed by atoms with van der Waals surface area (Å²) >= 11 is 2.35. The van der Waals surface area contributed by atoms with Crippen molar-refractivity contribution in [1.29, 1.82) is 0 Å². The predicted octanol–water partition coefficient (Wildman–Crippen LogP) is 3.94. The second-order valence-electron chi connectivity index (χ2n) is 4.05. The molecule has 0 fully saturated rings. The topological polar surface area (TPSA) is 14.2 Å². The number of para-hydroxylation sites is 1. The van der Waals surface area contributed by atoms with Crippen LogP contribution in [-0.4, -0.2) is 11.7 Å². The van der Waals surface area contributed by atoms with Gasteiger partial charge in [-0.1, -0.05) is 18.2 Å². The van der Waals surface area contributed by atoms with Crippen LogP contribution in [0.25, 0.3) is 21.8 Å². The van der Waals surface area contributed by atoms with E-state index in [2.05, 4.69) is 64.5 Å². The maximum atomic E-state index is 5.38. The first-order valence-electron chi connectivity index (χ1n) is 5.43. The molecule has 86 valence electrons. The average molecular weight is 337 g/mol. The van der Waals surface area contributed by atoms with Crippen molar-refractivity contribution in [2.45, 2.75) is 0 Å². The Morgan fingerprint density at radius 1 is 1.06 bits per heavy atom. The van der Waals surface area contributed by atoms with Crippen LogP contribution in [0.4, 0.5) is 0 Å². The molecule has 3 heteroatoms. The molecule has 0 N–H and O–H groups in total. The van der Waals surface area contributed by atoms with Crippen molar-refractivity contribution in [2.75, 3.05) is 7.11 Å². The summed E-state index contributed by atoms with van der Waals surface area (Å²) < 4.78 is 8.78. The van der Waals surface area contributed by atoms with E-state index in [1.807, 2.05) is 6.07 Å². The molecule has 0 aliphatic carbocycles. The fourth-order valence-corrected chi connectivity index (χ4v) is 3.42. The van der Waals surface area contributed by atoms with Gasteiger partial charge in [-0.3, -0.25) is 0 Å². The number of ether oxygens (including phenoxy) is 1. The third kappa shape index (κ3) is 1.45. The average Bonchev–Trinajstić information content (AvgIpc) is 2.65. The third-order valence-electron chi connectivity index (χ3n) is 3.19. The van der Waals surface area contributed by atoms with Crippen LogP contribution < -0.4 is 4.74 Å². The fourth-order valence-electron chi connectivity index (χ4n) is 2.36. The number of hydrogen-bond acceptors (Lipinski definition) is 1. The molecule has 0 saturated carbocycles. The lowest BCUT2D eigenvalue weighted by Gasteiger charge is -2.05. The number of fused-ring (bicyclic) bond motifs is 3. The van der Waals surface area contributed by atoms with Crippen molar-refractivity contribution in [3.63, 3.8) is 0 Å². The van der Waals surface area contributed by atoms with E-state index < -0.39 is 0 Å². The Balaban J connectivity index is 2.57. The highest BCUT2D eigenvalue weighted by Gasteiger charge is 2.13. The van der Waals surface area contributed by atoms with Gasteiger partial charge in [-0.2, -0.15) is 0 Å². The molecule has 0 unspecified atom stereocenters. The summed E-state index contributed by atoms with van der Waals surface area (Å²) in [5.41, 5.74) is 2.50. The summed E-state index contributed by atoms with van der Waals surface area (Å²) in [5, 5.41) is 2.58. The number of aromatic nitrogens is 1. The molecule has 0 amide bonds. The number of hydrogen-bond donors (Lipinski definition) is 0. The molecule has 2 aromatic carbocycles. The minimum atomic E-state index is 0.934. The lowest BCUT2D eigenvalue weighted by Crippen LogP contribution is -1.92. The smallest absolute Gasteiger partial charge is 0.134 e. The van der Waals surface area contributed by atoms with Crippen LogP contribution in [0, 0.1) is 3.57 Å². The molecule has 3 aromatic rings. The SMILES string of the molecule is COc1ccc2c3ccccc3n(C)c2c1I. The molecule has 0 radical (unpaired) electrons. The van der Waals surface area contributed by atoms with Gasteiger partial charge in [0.25, 0.3) is 0 Å². The normalized spacial score (nSPS) is 11.2. The zero-order chi connectivity index (χ0) is 12.0. The molecule has 2 nitrogen and oxygen atoms in total. The molecule has 0 spiro atoms. The Kier molecular flexibility index (Phi) is 2.50. The fraction of sp³-hybridized carbons (Fsp3) is 0.143. The Labute approximate surface area is 113 Å². The summed E-state index contributed by atoms with van der Waals surface area (Å²) in [6.07, 6.45) is 0. The summed E-state index contributed by atoms with van der Waals surface area (Å²) in [6.45, 7) is 0. The van der Waals surface area contributed by atoms with Crippen molar-refractivity contribution < 1.29 is 4.74 Å². The number of methoxy groups -OCH3 is 1. The highest BCUT2D eigenvalue weighted by molar-refractivity contribution is 14.1. The van der Waals surface area contributed by atoms with Crippen LogP contribution in [0.3, 0.4) is 0 Å². The van der Waals surface area contributed by atoms with Gasteiger partial charge in [0.15, 0.2) is 0 Å². The Morgan fingerprint density at radius 3 is 2.59 bits per heavy atom. The van der Waals surface area contributed by atoms with Gasteiger partial charge < -0.3 is 9.30 Å². The van der Waals surface area contributed by atoms with Crippen molar-refractivity contribution in [3.8, 4) is 5.75 Å². The van der Waals surface area contributed by atoms with Gasteiger partial charge in [0, 0.05) is 23.3 Å². The lowest BCUT2D eigenvalue weighted by molar-refractivity contribution is 0.412. The molecule has 17 heavy (non-hydrogen) atoms. The molecule has 1 aromatic heterocycles. The van der Waals surface area contributed by atoms with Gasteiger partial charge in [-0.05, 0) is 40.8 Å². The van der Waals surface area contributed by atoms with Crippen LogP contribution in [0.5, 0.6) is 5.75 Å². The van der Waals surface area contributed by atoms with Gasteiger partial charge in [0.2, 0.25) is 0 Å². The second-order valence-corrected chi connectivity index (χ2v) is 5.13. The lowest BCUT2D eigenvalue weighted by atomic mass is 10.1. The number of halogens is 1. The van der Waals surface area contributed by atoms with Crippen LogP contribution >= 0.6 is 22.6 Å². The molecule has 0 saturated heterocycles. The number of aryl methyl sites for hydroxylation is 1. The first-order chi connectivity index (χ1) is 8.24. The maximum Gasteiger partial charge on any atom is 0.134 e. The van der Waals surface area contributed by atoms with E-state index in [0.29, 0.717) is 0 Å². The van der Waals surface area contributed by atoms with Gasteiger partial charge in [-0.25, -0.2) is 0 Å². The summed E-state index contributed by atoms with van der Waals surface area (Å²) in [4.78, 5) is 0. The molecular formula is C14H12INO. The first kappa shape index (κ1) is 10.9. The standard InChI is InChI=1S/C14H12INO/c1-16-11-6-4-3-5-9(11)10-7-8-12(17-2)13(15)14(10)16/h3-8H,1-2H3. The molecular weight excluding hydrogens is 325 g/mol. The van der Waals surface area contributed by atoms with E-state index in [-0.39, 0.29) is 0 Å². The Morgan fingerprint density at radius 2 is 1.82 bits per heavy atom. The van der Waals surface area contributed by atoms with E-state index in [1.165, 1.54) is 25.4 Å². The summed E-state index contributed by atoms with van der Waals surface area (Å²) in [6, 6.07) is 12.7. The van der Waals surface area contributed by atoms with Crippen molar-refractivity contribution >= 4 is 44.4 Å². The number of nitrogens with zero attached hydrogens (tertiary/aromatic N) is 1. The third-order valence-corrected chi connectivity index (χ3v) is 4.23. The molecule has 0 atom stereocenters. The maximum absolute atomic E-state index is 5.38. The monoisotopic (exact) mass is 337 g/mol. The van der Waals surface area contributed by atoms with E-state index in [4.69, 9.17) is 4.74 Å². The predicted molar refractivity (Wildman–Crippen MR) is 79.7 cm³/mol. The van der Waals surface area contributed by atoms with Crippen LogP contribution in [0.1, 0.15) is 0 Å². The minimum Gasteiger partial charge on any atom is -0.496 e. The number of benzene rings is 2. The van der Waals surface area contributed by atoms with Crippen molar-refractivity contribution in [2.24, 2.45) is 7.05 Å². The quantitative estimate of drug-likeness (QED) is 0.614.